The zero-order chi connectivity index (χ0) is 47.4. The summed E-state index contributed by atoms with van der Waals surface area (Å²) < 4.78 is 296. The van der Waals surface area contributed by atoms with Gasteiger partial charge in [0.25, 0.3) is 0 Å². The standard InChI is InChI=1S/C24BF20.C13H21N2O3/c26-5-1(6(27)14(35)21(42)13(5)34)25(2-7(28)15(36)22(43)16(37)8(2)29,3-9(30)17(38)23(44)18(39)10(3)31)4-11(32)19(40)24(45)20(41)12(4)33;16-15(17)12-8-3-1-2-4-9-13-18-14-10-6-5-7-11-14/h;5-7,10-11H,1-4,8-9,12-13H2/q-1;+1. The first-order valence-corrected chi connectivity index (χ1v) is 17.4. The van der Waals surface area contributed by atoms with Gasteiger partial charge in [0, 0.05) is 28.2 Å². The van der Waals surface area contributed by atoms with Crippen molar-refractivity contribution in [2.24, 2.45) is 0 Å². The summed E-state index contributed by atoms with van der Waals surface area (Å²) in [5.74, 6) is -71.4. The third-order valence-corrected chi connectivity index (χ3v) is 9.37. The highest BCUT2D eigenvalue weighted by Gasteiger charge is 2.52. The van der Waals surface area contributed by atoms with Crippen molar-refractivity contribution >= 4 is 28.0 Å². The Bertz CT molecular complexity index is 2170. The Morgan fingerprint density at radius 2 is 0.619 bits per heavy atom. The van der Waals surface area contributed by atoms with Crippen molar-refractivity contribution in [2.45, 2.75) is 38.5 Å². The zero-order valence-electron chi connectivity index (χ0n) is 30.8. The first-order valence-electron chi connectivity index (χ1n) is 17.4. The molecular formula is C37H21BF20N2O3. The molecule has 0 bridgehead atoms. The molecule has 26 heteroatoms. The Kier molecular flexibility index (Phi) is 15.7. The summed E-state index contributed by atoms with van der Waals surface area (Å²) in [7, 11) is 0. The molecule has 5 aromatic rings. The molecule has 0 atom stereocenters. The average Bonchev–Trinajstić information content (AvgIpc) is 3.26. The van der Waals surface area contributed by atoms with Gasteiger partial charge in [-0.3, -0.25) is 15.0 Å². The van der Waals surface area contributed by atoms with E-state index < -0.39 is 144 Å². The van der Waals surface area contributed by atoms with Gasteiger partial charge >= 0.3 is 0 Å². The number of hydrogen-bond acceptors (Lipinski definition) is 3. The predicted octanol–water partition coefficient (Wildman–Crippen LogP) is 7.87. The fraction of sp³-hybridized carbons (Fsp3) is 0.216. The van der Waals surface area contributed by atoms with Crippen LogP contribution in [-0.2, 0) is 0 Å². The van der Waals surface area contributed by atoms with Crippen molar-refractivity contribution in [1.82, 2.24) is 0 Å². The van der Waals surface area contributed by atoms with Gasteiger partial charge in [0.1, 0.15) is 52.7 Å². The molecule has 0 spiro atoms. The van der Waals surface area contributed by atoms with E-state index in [0.29, 0.717) is 13.0 Å². The second-order valence-corrected chi connectivity index (χ2v) is 13.0. The number of rotatable bonds is 14. The molecule has 4 aromatic carbocycles. The van der Waals surface area contributed by atoms with Crippen LogP contribution >= 0.6 is 0 Å². The highest BCUT2D eigenvalue weighted by molar-refractivity contribution is 7.20. The van der Waals surface area contributed by atoms with Gasteiger partial charge in [-0.1, -0.05) is 18.9 Å². The van der Waals surface area contributed by atoms with Crippen LogP contribution in [0.3, 0.4) is 0 Å². The summed E-state index contributed by atoms with van der Waals surface area (Å²) in [6.45, 7) is 0.817. The molecule has 0 aliphatic carbocycles. The maximum atomic E-state index is 15.4. The zero-order valence-corrected chi connectivity index (χ0v) is 30.8. The largest absolute Gasteiger partial charge is 0.271 e. The summed E-state index contributed by atoms with van der Waals surface area (Å²) in [6, 6.07) is 5.80. The van der Waals surface area contributed by atoms with E-state index in [1.54, 1.807) is 4.73 Å². The molecule has 63 heavy (non-hydrogen) atoms. The minimum Gasteiger partial charge on any atom is -0.271 e. The number of benzene rings is 4. The van der Waals surface area contributed by atoms with Crippen molar-refractivity contribution in [3.63, 3.8) is 0 Å². The van der Waals surface area contributed by atoms with Crippen LogP contribution in [0.4, 0.5) is 87.8 Å². The lowest BCUT2D eigenvalue weighted by atomic mass is 9.12. The maximum Gasteiger partial charge on any atom is 0.222 e. The molecule has 5 rings (SSSR count). The fourth-order valence-electron chi connectivity index (χ4n) is 6.56. The van der Waals surface area contributed by atoms with Crippen LogP contribution in [0.25, 0.3) is 0 Å². The third kappa shape index (κ3) is 9.06. The minimum absolute atomic E-state index is 0.105. The van der Waals surface area contributed by atoms with E-state index in [1.165, 1.54) is 0 Å². The summed E-state index contributed by atoms with van der Waals surface area (Å²) >= 11 is 0. The number of nitrogens with zero attached hydrogens (tertiary/aromatic N) is 2. The lowest BCUT2D eigenvalue weighted by Gasteiger charge is -2.44. The summed E-state index contributed by atoms with van der Waals surface area (Å²) in [5.41, 5.74) is -14.3. The first kappa shape index (κ1) is 49.5. The topological polar surface area (TPSA) is 56.3 Å². The number of halogens is 20. The molecule has 340 valence electrons. The van der Waals surface area contributed by atoms with E-state index in [4.69, 9.17) is 4.84 Å². The van der Waals surface area contributed by atoms with Gasteiger partial charge in [-0.25, -0.2) is 87.8 Å². The quantitative estimate of drug-likeness (QED) is 0.0167. The molecule has 0 radical (unpaired) electrons. The molecular weight excluding hydrogens is 911 g/mol. The summed E-state index contributed by atoms with van der Waals surface area (Å²) in [6.07, 6.45) is 2.52. The monoisotopic (exact) mass is 932 g/mol. The van der Waals surface area contributed by atoms with Crippen molar-refractivity contribution < 1.29 is 102 Å². The van der Waals surface area contributed by atoms with Crippen LogP contribution in [0.5, 0.6) is 0 Å². The van der Waals surface area contributed by atoms with Crippen molar-refractivity contribution in [3.05, 3.63) is 157 Å². The van der Waals surface area contributed by atoms with Gasteiger partial charge in [0.15, 0.2) is 76.4 Å². The Morgan fingerprint density at radius 1 is 0.381 bits per heavy atom. The number of pyridine rings is 1. The van der Waals surface area contributed by atoms with Crippen LogP contribution in [0.15, 0.2) is 30.6 Å². The van der Waals surface area contributed by atoms with E-state index in [9.17, 15) is 62.8 Å². The van der Waals surface area contributed by atoms with Gasteiger partial charge in [-0.2, -0.15) is 0 Å². The van der Waals surface area contributed by atoms with Gasteiger partial charge in [0.05, 0.1) is 0 Å². The average molecular weight is 932 g/mol. The summed E-state index contributed by atoms with van der Waals surface area (Å²) in [5, 5.41) is 10.1. The van der Waals surface area contributed by atoms with Gasteiger partial charge in [-0.15, -0.1) is 21.9 Å². The fourth-order valence-corrected chi connectivity index (χ4v) is 6.56. The Balaban J connectivity index is 0.000000405. The molecule has 0 amide bonds. The van der Waals surface area contributed by atoms with E-state index in [-0.39, 0.29) is 11.5 Å². The lowest BCUT2D eigenvalue weighted by Crippen LogP contribution is -2.81. The molecule has 0 unspecified atom stereocenters. The van der Waals surface area contributed by atoms with Gasteiger partial charge in [-0.05, 0) is 19.3 Å². The van der Waals surface area contributed by atoms with Crippen LogP contribution in [0.2, 0.25) is 0 Å². The molecule has 0 saturated heterocycles. The van der Waals surface area contributed by atoms with E-state index in [1.807, 2.05) is 30.6 Å². The van der Waals surface area contributed by atoms with Crippen molar-refractivity contribution in [2.75, 3.05) is 13.2 Å². The SMILES string of the molecule is Fc1c(F)c(F)c([B-](c2c(F)c(F)c(F)c(F)c2F)(c2c(F)c(F)c(F)c(F)c2F)c2c(F)c(F)c(F)c(F)c2F)c(F)c1F.O=[N+]([O-])CCCCCCCCO[n+]1ccccc1. The number of aromatic nitrogens is 1. The van der Waals surface area contributed by atoms with Gasteiger partial charge < -0.3 is 0 Å². The smallest absolute Gasteiger partial charge is 0.222 e. The Morgan fingerprint density at radius 3 is 0.889 bits per heavy atom. The normalized spacial score (nSPS) is 11.5. The van der Waals surface area contributed by atoms with Crippen molar-refractivity contribution in [3.8, 4) is 0 Å². The molecule has 0 N–H and O–H groups in total. The first-order chi connectivity index (χ1) is 29.5. The van der Waals surface area contributed by atoms with E-state index in [2.05, 4.69) is 0 Å². The molecule has 5 nitrogen and oxygen atoms in total. The van der Waals surface area contributed by atoms with Crippen molar-refractivity contribution in [1.29, 1.82) is 0 Å². The minimum atomic E-state index is -7.22. The molecule has 1 heterocycles. The van der Waals surface area contributed by atoms with E-state index >= 15 is 35.1 Å². The highest BCUT2D eigenvalue weighted by atomic mass is 19.2. The molecule has 1 aromatic heterocycles. The highest BCUT2D eigenvalue weighted by Crippen LogP contribution is 2.30. The lowest BCUT2D eigenvalue weighted by molar-refractivity contribution is -0.891. The summed E-state index contributed by atoms with van der Waals surface area (Å²) in [4.78, 5) is 15.3. The molecule has 0 aliphatic heterocycles. The predicted molar refractivity (Wildman–Crippen MR) is 177 cm³/mol. The second-order valence-electron chi connectivity index (χ2n) is 13.0. The number of hydrogen-bond donors (Lipinski definition) is 0. The Labute approximate surface area is 339 Å². The second kappa shape index (κ2) is 19.9. The molecule has 0 saturated carbocycles. The maximum absolute atomic E-state index is 15.4. The number of unbranched alkanes of at least 4 members (excludes halogenated alkanes) is 5. The van der Waals surface area contributed by atoms with Crippen LogP contribution in [0.1, 0.15) is 38.5 Å². The van der Waals surface area contributed by atoms with Crippen LogP contribution < -0.4 is 31.4 Å². The van der Waals surface area contributed by atoms with E-state index in [0.717, 1.165) is 32.1 Å². The van der Waals surface area contributed by atoms with Gasteiger partial charge in [0.2, 0.25) is 18.9 Å². The molecule has 0 fully saturated rings. The van der Waals surface area contributed by atoms with Crippen LogP contribution in [0, 0.1) is 126 Å². The molecule has 0 aliphatic rings. The van der Waals surface area contributed by atoms with Crippen LogP contribution in [-0.4, -0.2) is 24.2 Å². The third-order valence-electron chi connectivity index (χ3n) is 9.37. The Hall–Kier alpha value is -6.11. The number of nitro groups is 1.